The number of benzene rings is 1. The summed E-state index contributed by atoms with van der Waals surface area (Å²) in [5.74, 6) is -0.542. The van der Waals surface area contributed by atoms with Crippen molar-refractivity contribution in [2.45, 2.75) is 19.5 Å². The van der Waals surface area contributed by atoms with Crippen LogP contribution in [-0.2, 0) is 0 Å². The van der Waals surface area contributed by atoms with Crippen molar-refractivity contribution < 1.29 is 18.4 Å². The van der Waals surface area contributed by atoms with Gasteiger partial charge in [-0.3, -0.25) is 10.1 Å². The van der Waals surface area contributed by atoms with Gasteiger partial charge in [-0.15, -0.1) is 6.58 Å². The van der Waals surface area contributed by atoms with Gasteiger partial charge in [-0.1, -0.05) is 19.1 Å². The van der Waals surface area contributed by atoms with Crippen LogP contribution in [0.1, 0.15) is 18.4 Å². The van der Waals surface area contributed by atoms with E-state index in [0.29, 0.717) is 5.56 Å². The zero-order valence-corrected chi connectivity index (χ0v) is 9.10. The van der Waals surface area contributed by atoms with Gasteiger partial charge in [0, 0.05) is 6.07 Å². The van der Waals surface area contributed by atoms with Crippen molar-refractivity contribution in [3.63, 3.8) is 0 Å². The van der Waals surface area contributed by atoms with Crippen molar-refractivity contribution in [2.75, 3.05) is 0 Å². The van der Waals surface area contributed by atoms with Crippen LogP contribution in [0.5, 0.6) is 5.75 Å². The highest BCUT2D eigenvalue weighted by Gasteiger charge is 2.20. The molecular weight excluding hydrogens is 232 g/mol. The van der Waals surface area contributed by atoms with E-state index in [0.717, 1.165) is 0 Å². The largest absolute Gasteiger partial charge is 0.427 e. The number of hydrogen-bond acceptors (Lipinski definition) is 3. The fraction of sp³-hybridized carbons (Fsp3) is 0.273. The van der Waals surface area contributed by atoms with E-state index in [4.69, 9.17) is 0 Å². The number of ether oxygens (including phenoxy) is 1. The van der Waals surface area contributed by atoms with Gasteiger partial charge in [0.25, 0.3) is 0 Å². The molecule has 6 heteroatoms. The standard InChI is InChI=1S/C11H11F2NO3/c1-3-7(2)8-4-5-10(17-11(12)13)9(6-8)14(15)16/h3-7,11H,1H2,2H3. The van der Waals surface area contributed by atoms with Gasteiger partial charge in [-0.2, -0.15) is 8.78 Å². The normalized spacial score (nSPS) is 12.2. The predicted octanol–water partition coefficient (Wildman–Crippen LogP) is 3.49. The number of rotatable bonds is 5. The molecule has 0 aliphatic carbocycles. The summed E-state index contributed by atoms with van der Waals surface area (Å²) in [5.41, 5.74) is 0.143. The molecule has 1 aromatic carbocycles. The Labute approximate surface area is 96.7 Å². The second-order valence-electron chi connectivity index (χ2n) is 3.39. The van der Waals surface area contributed by atoms with E-state index in [1.165, 1.54) is 18.2 Å². The summed E-state index contributed by atoms with van der Waals surface area (Å²) in [7, 11) is 0. The number of hydrogen-bond donors (Lipinski definition) is 0. The topological polar surface area (TPSA) is 52.4 Å². The number of alkyl halides is 2. The molecule has 0 bridgehead atoms. The van der Waals surface area contributed by atoms with Gasteiger partial charge >= 0.3 is 12.3 Å². The molecule has 0 radical (unpaired) electrons. The second-order valence-corrected chi connectivity index (χ2v) is 3.39. The first-order valence-corrected chi connectivity index (χ1v) is 4.81. The first-order valence-electron chi connectivity index (χ1n) is 4.81. The average molecular weight is 243 g/mol. The van der Waals surface area contributed by atoms with Crippen molar-refractivity contribution in [3.8, 4) is 5.75 Å². The summed E-state index contributed by atoms with van der Waals surface area (Å²) < 4.78 is 28.1. The molecule has 0 saturated carbocycles. The highest BCUT2D eigenvalue weighted by atomic mass is 19.3. The van der Waals surface area contributed by atoms with Crippen LogP contribution < -0.4 is 4.74 Å². The lowest BCUT2D eigenvalue weighted by atomic mass is 10.0. The smallest absolute Gasteiger partial charge is 0.387 e. The zero-order valence-electron chi connectivity index (χ0n) is 9.10. The van der Waals surface area contributed by atoms with E-state index in [1.54, 1.807) is 13.0 Å². The third-order valence-electron chi connectivity index (χ3n) is 2.28. The minimum absolute atomic E-state index is 0.103. The maximum absolute atomic E-state index is 12.0. The molecule has 0 aliphatic heterocycles. The second kappa shape index (κ2) is 5.38. The molecule has 0 spiro atoms. The number of halogens is 2. The van der Waals surface area contributed by atoms with Crippen LogP contribution in [0.3, 0.4) is 0 Å². The zero-order chi connectivity index (χ0) is 13.0. The molecule has 0 aromatic heterocycles. The van der Waals surface area contributed by atoms with Crippen molar-refractivity contribution >= 4 is 5.69 Å². The Kier molecular flexibility index (Phi) is 4.14. The van der Waals surface area contributed by atoms with E-state index in [2.05, 4.69) is 11.3 Å². The highest BCUT2D eigenvalue weighted by molar-refractivity contribution is 5.49. The van der Waals surface area contributed by atoms with Gasteiger partial charge in [-0.25, -0.2) is 0 Å². The highest BCUT2D eigenvalue weighted by Crippen LogP contribution is 2.31. The van der Waals surface area contributed by atoms with Gasteiger partial charge < -0.3 is 4.74 Å². The Balaban J connectivity index is 3.17. The Bertz CT molecular complexity index is 435. The van der Waals surface area contributed by atoms with Gasteiger partial charge in [0.15, 0.2) is 0 Å². The van der Waals surface area contributed by atoms with Crippen LogP contribution in [0.25, 0.3) is 0 Å². The van der Waals surface area contributed by atoms with Crippen molar-refractivity contribution in [2.24, 2.45) is 0 Å². The van der Waals surface area contributed by atoms with Crippen LogP contribution >= 0.6 is 0 Å². The van der Waals surface area contributed by atoms with Gasteiger partial charge in [-0.05, 0) is 17.5 Å². The average Bonchev–Trinajstić information content (AvgIpc) is 2.27. The molecule has 1 unspecified atom stereocenters. The van der Waals surface area contributed by atoms with Crippen LogP contribution in [0.15, 0.2) is 30.9 Å². The molecule has 0 N–H and O–H groups in total. The van der Waals surface area contributed by atoms with E-state index in [-0.39, 0.29) is 5.92 Å². The Morgan fingerprint density at radius 1 is 1.53 bits per heavy atom. The summed E-state index contributed by atoms with van der Waals surface area (Å²) in [6.07, 6.45) is 1.60. The number of nitrogens with zero attached hydrogens (tertiary/aromatic N) is 1. The molecule has 1 aromatic rings. The first kappa shape index (κ1) is 13.1. The summed E-state index contributed by atoms with van der Waals surface area (Å²) in [5, 5.41) is 10.7. The van der Waals surface area contributed by atoms with E-state index in [9.17, 15) is 18.9 Å². The van der Waals surface area contributed by atoms with Gasteiger partial charge in [0.2, 0.25) is 5.75 Å². The van der Waals surface area contributed by atoms with E-state index >= 15 is 0 Å². The SMILES string of the molecule is C=CC(C)c1ccc(OC(F)F)c([N+](=O)[O-])c1. The molecule has 0 heterocycles. The summed E-state index contributed by atoms with van der Waals surface area (Å²) >= 11 is 0. The van der Waals surface area contributed by atoms with Crippen LogP contribution in [-0.4, -0.2) is 11.5 Å². The van der Waals surface area contributed by atoms with E-state index < -0.39 is 23.0 Å². The predicted molar refractivity (Wildman–Crippen MR) is 58.3 cm³/mol. The minimum Gasteiger partial charge on any atom is -0.427 e. The minimum atomic E-state index is -3.09. The molecule has 0 fully saturated rings. The molecular formula is C11H11F2NO3. The lowest BCUT2D eigenvalue weighted by molar-refractivity contribution is -0.386. The van der Waals surface area contributed by atoms with Crippen LogP contribution in [0.4, 0.5) is 14.5 Å². The third-order valence-corrected chi connectivity index (χ3v) is 2.28. The third kappa shape index (κ3) is 3.24. The molecule has 17 heavy (non-hydrogen) atoms. The number of nitro groups is 1. The Morgan fingerprint density at radius 3 is 2.65 bits per heavy atom. The molecule has 92 valence electrons. The number of allylic oxidation sites excluding steroid dienone is 1. The Morgan fingerprint density at radius 2 is 2.18 bits per heavy atom. The van der Waals surface area contributed by atoms with Gasteiger partial charge in [0.05, 0.1) is 4.92 Å². The Hall–Kier alpha value is -1.98. The maximum atomic E-state index is 12.0. The van der Waals surface area contributed by atoms with Crippen LogP contribution in [0, 0.1) is 10.1 Å². The molecule has 4 nitrogen and oxygen atoms in total. The fourth-order valence-electron chi connectivity index (χ4n) is 1.29. The van der Waals surface area contributed by atoms with E-state index in [1.807, 2.05) is 0 Å². The van der Waals surface area contributed by atoms with Crippen molar-refractivity contribution in [1.29, 1.82) is 0 Å². The lowest BCUT2D eigenvalue weighted by Crippen LogP contribution is -2.05. The lowest BCUT2D eigenvalue weighted by Gasteiger charge is -2.09. The van der Waals surface area contributed by atoms with Crippen molar-refractivity contribution in [3.05, 3.63) is 46.5 Å². The van der Waals surface area contributed by atoms with Gasteiger partial charge in [0.1, 0.15) is 0 Å². The van der Waals surface area contributed by atoms with Crippen molar-refractivity contribution in [1.82, 2.24) is 0 Å². The monoisotopic (exact) mass is 243 g/mol. The first-order chi connectivity index (χ1) is 7.95. The summed E-state index contributed by atoms with van der Waals surface area (Å²) in [6.45, 7) is 2.27. The summed E-state index contributed by atoms with van der Waals surface area (Å²) in [6, 6.07) is 3.88. The molecule has 0 saturated heterocycles. The maximum Gasteiger partial charge on any atom is 0.387 e. The fourth-order valence-corrected chi connectivity index (χ4v) is 1.29. The molecule has 0 amide bonds. The van der Waals surface area contributed by atoms with Crippen LogP contribution in [0.2, 0.25) is 0 Å². The molecule has 1 rings (SSSR count). The number of nitro benzene ring substituents is 1. The molecule has 1 atom stereocenters. The summed E-state index contributed by atoms with van der Waals surface area (Å²) in [4.78, 5) is 9.97. The molecule has 0 aliphatic rings. The quantitative estimate of drug-likeness (QED) is 0.452.